The van der Waals surface area contributed by atoms with Crippen molar-refractivity contribution in [1.29, 1.82) is 0 Å². The van der Waals surface area contributed by atoms with E-state index in [1.165, 1.54) is 5.56 Å². The Morgan fingerprint density at radius 1 is 1.25 bits per heavy atom. The van der Waals surface area contributed by atoms with Crippen LogP contribution in [-0.4, -0.2) is 30.9 Å². The second-order valence-electron chi connectivity index (χ2n) is 3.91. The summed E-state index contributed by atoms with van der Waals surface area (Å²) in [7, 11) is 1.60. The summed E-state index contributed by atoms with van der Waals surface area (Å²) in [5, 5.41) is 0. The van der Waals surface area contributed by atoms with Gasteiger partial charge in [-0.3, -0.25) is 9.69 Å². The molecule has 1 aromatic rings. The maximum Gasteiger partial charge on any atom is 0.173 e. The van der Waals surface area contributed by atoms with Gasteiger partial charge in [-0.25, -0.2) is 0 Å². The molecule has 0 bridgehead atoms. The van der Waals surface area contributed by atoms with Gasteiger partial charge in [0.25, 0.3) is 0 Å². The van der Waals surface area contributed by atoms with Gasteiger partial charge in [0.15, 0.2) is 5.78 Å². The fraction of sp³-hybridized carbons (Fsp3) is 0.308. The first-order valence-electron chi connectivity index (χ1n) is 5.31. The van der Waals surface area contributed by atoms with Crippen molar-refractivity contribution in [3.63, 3.8) is 0 Å². The minimum atomic E-state index is 0.110. The van der Waals surface area contributed by atoms with E-state index in [4.69, 9.17) is 4.74 Å². The molecule has 0 radical (unpaired) electrons. The van der Waals surface area contributed by atoms with Gasteiger partial charge in [0, 0.05) is 12.6 Å². The lowest BCUT2D eigenvalue weighted by atomic mass is 10.1. The molecule has 1 heterocycles. The summed E-state index contributed by atoms with van der Waals surface area (Å²) in [6.45, 7) is 1.96. The number of ether oxygens (including phenoxy) is 1. The lowest BCUT2D eigenvalue weighted by Gasteiger charge is -2.25. The van der Waals surface area contributed by atoms with Crippen LogP contribution in [0, 0.1) is 0 Å². The van der Waals surface area contributed by atoms with Crippen LogP contribution in [0.3, 0.4) is 0 Å². The first-order chi connectivity index (χ1) is 7.78. The van der Waals surface area contributed by atoms with Gasteiger partial charge in [-0.1, -0.05) is 30.3 Å². The van der Waals surface area contributed by atoms with Gasteiger partial charge >= 0.3 is 0 Å². The third-order valence-corrected chi connectivity index (χ3v) is 2.59. The van der Waals surface area contributed by atoms with Crippen molar-refractivity contribution in [2.75, 3.05) is 20.2 Å². The van der Waals surface area contributed by atoms with E-state index in [-0.39, 0.29) is 5.78 Å². The van der Waals surface area contributed by atoms with Gasteiger partial charge < -0.3 is 4.74 Å². The molecule has 0 amide bonds. The molecule has 0 fully saturated rings. The lowest BCUT2D eigenvalue weighted by molar-refractivity contribution is -0.116. The zero-order valence-corrected chi connectivity index (χ0v) is 9.35. The minimum absolute atomic E-state index is 0.110. The molecule has 0 aromatic heterocycles. The van der Waals surface area contributed by atoms with Gasteiger partial charge in [-0.2, -0.15) is 0 Å². The Balaban J connectivity index is 2.02. The van der Waals surface area contributed by atoms with Gasteiger partial charge in [-0.05, 0) is 5.56 Å². The van der Waals surface area contributed by atoms with Crippen LogP contribution in [0.4, 0.5) is 0 Å². The molecule has 1 aliphatic heterocycles. The Morgan fingerprint density at radius 3 is 2.69 bits per heavy atom. The molecule has 0 unspecified atom stereocenters. The SMILES string of the molecule is COC1=CC(=O)CN(Cc2ccccc2)C1. The Kier molecular flexibility index (Phi) is 3.37. The van der Waals surface area contributed by atoms with Crippen LogP contribution >= 0.6 is 0 Å². The van der Waals surface area contributed by atoms with E-state index >= 15 is 0 Å². The van der Waals surface area contributed by atoms with Gasteiger partial charge in [-0.15, -0.1) is 0 Å². The number of ketones is 1. The number of benzene rings is 1. The number of methoxy groups -OCH3 is 1. The fourth-order valence-corrected chi connectivity index (χ4v) is 1.84. The molecule has 1 aliphatic rings. The van der Waals surface area contributed by atoms with Crippen molar-refractivity contribution in [1.82, 2.24) is 4.90 Å². The summed E-state index contributed by atoms with van der Waals surface area (Å²) in [4.78, 5) is 13.5. The highest BCUT2D eigenvalue weighted by Crippen LogP contribution is 2.11. The maximum atomic E-state index is 11.4. The average Bonchev–Trinajstić information content (AvgIpc) is 2.29. The molecule has 1 aromatic carbocycles. The topological polar surface area (TPSA) is 29.5 Å². The van der Waals surface area contributed by atoms with Crippen LogP contribution < -0.4 is 0 Å². The predicted octanol–water partition coefficient (Wildman–Crippen LogP) is 1.60. The Morgan fingerprint density at radius 2 is 2.00 bits per heavy atom. The summed E-state index contributed by atoms with van der Waals surface area (Å²) >= 11 is 0. The summed E-state index contributed by atoms with van der Waals surface area (Å²) in [5.41, 5.74) is 1.22. The third-order valence-electron chi connectivity index (χ3n) is 2.59. The molecule has 3 nitrogen and oxygen atoms in total. The number of hydrogen-bond donors (Lipinski definition) is 0. The Bertz CT molecular complexity index is 398. The van der Waals surface area contributed by atoms with E-state index in [2.05, 4.69) is 17.0 Å². The van der Waals surface area contributed by atoms with Crippen molar-refractivity contribution in [2.24, 2.45) is 0 Å². The highest BCUT2D eigenvalue weighted by molar-refractivity contribution is 5.92. The second-order valence-corrected chi connectivity index (χ2v) is 3.91. The minimum Gasteiger partial charge on any atom is -0.500 e. The maximum absolute atomic E-state index is 11.4. The van der Waals surface area contributed by atoms with Crippen LogP contribution in [0.2, 0.25) is 0 Å². The van der Waals surface area contributed by atoms with Crippen molar-refractivity contribution in [3.8, 4) is 0 Å². The van der Waals surface area contributed by atoms with Crippen molar-refractivity contribution in [2.45, 2.75) is 6.54 Å². The van der Waals surface area contributed by atoms with Crippen molar-refractivity contribution >= 4 is 5.78 Å². The summed E-state index contributed by atoms with van der Waals surface area (Å²) < 4.78 is 5.13. The molecule has 0 saturated carbocycles. The normalized spacial score (nSPS) is 17.1. The Labute approximate surface area is 95.3 Å². The fourth-order valence-electron chi connectivity index (χ4n) is 1.84. The number of carbonyl (C=O) groups is 1. The number of carbonyl (C=O) groups excluding carboxylic acids is 1. The summed E-state index contributed by atoms with van der Waals surface area (Å²) in [5.74, 6) is 0.853. The molecular weight excluding hydrogens is 202 g/mol. The van der Waals surface area contributed by atoms with Crippen LogP contribution in [0.15, 0.2) is 42.2 Å². The monoisotopic (exact) mass is 217 g/mol. The number of nitrogens with zero attached hydrogens (tertiary/aromatic N) is 1. The molecule has 3 heteroatoms. The van der Waals surface area contributed by atoms with E-state index in [1.807, 2.05) is 18.2 Å². The molecular formula is C13H15NO2. The largest absolute Gasteiger partial charge is 0.500 e. The standard InChI is InChI=1S/C13H15NO2/c1-16-13-7-12(15)9-14(10-13)8-11-5-3-2-4-6-11/h2-7H,8-10H2,1H3. The quantitative estimate of drug-likeness (QED) is 0.770. The highest BCUT2D eigenvalue weighted by Gasteiger charge is 2.18. The van der Waals surface area contributed by atoms with E-state index in [1.54, 1.807) is 13.2 Å². The zero-order valence-electron chi connectivity index (χ0n) is 9.35. The Hall–Kier alpha value is -1.61. The molecule has 0 saturated heterocycles. The molecule has 84 valence electrons. The smallest absolute Gasteiger partial charge is 0.173 e. The van der Waals surface area contributed by atoms with Crippen molar-refractivity contribution < 1.29 is 9.53 Å². The predicted molar refractivity (Wildman–Crippen MR) is 61.8 cm³/mol. The first kappa shape index (κ1) is 10.9. The van der Waals surface area contributed by atoms with Crippen LogP contribution in [0.25, 0.3) is 0 Å². The van der Waals surface area contributed by atoms with E-state index < -0.39 is 0 Å². The third kappa shape index (κ3) is 2.70. The highest BCUT2D eigenvalue weighted by atomic mass is 16.5. The molecule has 2 rings (SSSR count). The number of rotatable bonds is 3. The average molecular weight is 217 g/mol. The van der Waals surface area contributed by atoms with E-state index in [9.17, 15) is 4.79 Å². The number of hydrogen-bond acceptors (Lipinski definition) is 3. The molecule has 0 spiro atoms. The molecule has 0 aliphatic carbocycles. The summed E-state index contributed by atoms with van der Waals surface area (Å²) in [6.07, 6.45) is 1.58. The second kappa shape index (κ2) is 4.94. The van der Waals surface area contributed by atoms with Crippen LogP contribution in [0.1, 0.15) is 5.56 Å². The summed E-state index contributed by atoms with van der Waals surface area (Å²) in [6, 6.07) is 10.1. The van der Waals surface area contributed by atoms with E-state index in [0.717, 1.165) is 12.3 Å². The zero-order chi connectivity index (χ0) is 11.4. The van der Waals surface area contributed by atoms with Gasteiger partial charge in [0.05, 0.1) is 20.2 Å². The molecule has 0 atom stereocenters. The van der Waals surface area contributed by atoms with Crippen LogP contribution in [0.5, 0.6) is 0 Å². The first-order valence-corrected chi connectivity index (χ1v) is 5.31. The van der Waals surface area contributed by atoms with Crippen LogP contribution in [-0.2, 0) is 16.1 Å². The van der Waals surface area contributed by atoms with Gasteiger partial charge in [0.1, 0.15) is 5.76 Å². The van der Waals surface area contributed by atoms with Crippen molar-refractivity contribution in [3.05, 3.63) is 47.7 Å². The molecule has 0 N–H and O–H groups in total. The van der Waals surface area contributed by atoms with E-state index in [0.29, 0.717) is 13.1 Å². The van der Waals surface area contributed by atoms with Gasteiger partial charge in [0.2, 0.25) is 0 Å². The molecule has 16 heavy (non-hydrogen) atoms. The lowest BCUT2D eigenvalue weighted by Crippen LogP contribution is -2.34.